The van der Waals surface area contributed by atoms with E-state index in [9.17, 15) is 19.4 Å². The van der Waals surface area contributed by atoms with Gasteiger partial charge in [0.1, 0.15) is 48.0 Å². The number of carbonyl (C=O) groups excluding carboxylic acids is 2. The van der Waals surface area contributed by atoms with Gasteiger partial charge in [-0.2, -0.15) is 15.4 Å². The highest BCUT2D eigenvalue weighted by atomic mass is 31.2. The van der Waals surface area contributed by atoms with Crippen LogP contribution in [0.3, 0.4) is 0 Å². The van der Waals surface area contributed by atoms with Crippen molar-refractivity contribution >= 4 is 31.1 Å². The lowest BCUT2D eigenvalue weighted by Gasteiger charge is -2.30. The molecule has 2 aliphatic rings. The van der Waals surface area contributed by atoms with Crippen molar-refractivity contribution in [1.82, 2.24) is 25.0 Å². The predicted molar refractivity (Wildman–Crippen MR) is 178 cm³/mol. The SMILES string of the molecule is C[C@H](NP(=O)(OC[C@]1(C#N)CC[C@H](c2ccc3c(N)ncnn23)O1)Oc1ccccc1)C(=O)OCC1CCC(NC(=O)OC(C)(C)C)CC1. The molecule has 0 bridgehead atoms. The van der Waals surface area contributed by atoms with Crippen LogP contribution in [0.2, 0.25) is 0 Å². The van der Waals surface area contributed by atoms with E-state index in [1.807, 2.05) is 26.8 Å². The number of nitrogens with one attached hydrogen (secondary N) is 2. The molecule has 5 rings (SSSR count). The second-order valence-corrected chi connectivity index (χ2v) is 15.2. The molecular formula is C33H44N7O8P. The second-order valence-electron chi connectivity index (χ2n) is 13.5. The number of hydrogen-bond acceptors (Lipinski definition) is 12. The Labute approximate surface area is 285 Å². The Balaban J connectivity index is 1.17. The van der Waals surface area contributed by atoms with Crippen LogP contribution in [0.25, 0.3) is 5.52 Å². The van der Waals surface area contributed by atoms with Crippen LogP contribution in [0.5, 0.6) is 5.75 Å². The maximum absolute atomic E-state index is 14.1. The van der Waals surface area contributed by atoms with E-state index in [1.54, 1.807) is 40.9 Å². The number of rotatable bonds is 12. The van der Waals surface area contributed by atoms with Crippen molar-refractivity contribution in [3.8, 4) is 11.8 Å². The summed E-state index contributed by atoms with van der Waals surface area (Å²) < 4.78 is 44.5. The zero-order valence-electron chi connectivity index (χ0n) is 28.2. The van der Waals surface area contributed by atoms with Gasteiger partial charge in [-0.1, -0.05) is 18.2 Å². The molecule has 1 aliphatic carbocycles. The molecule has 1 aromatic carbocycles. The quantitative estimate of drug-likeness (QED) is 0.164. The van der Waals surface area contributed by atoms with Crippen LogP contribution < -0.4 is 20.7 Å². The molecule has 0 spiro atoms. The maximum Gasteiger partial charge on any atom is 0.459 e. The number of esters is 1. The van der Waals surface area contributed by atoms with Crippen molar-refractivity contribution in [3.05, 3.63) is 54.5 Å². The van der Waals surface area contributed by atoms with Gasteiger partial charge in [0.25, 0.3) is 0 Å². The number of para-hydroxylation sites is 1. The first-order valence-corrected chi connectivity index (χ1v) is 17.9. The van der Waals surface area contributed by atoms with E-state index in [1.165, 1.54) is 13.3 Å². The third-order valence-electron chi connectivity index (χ3n) is 8.39. The molecule has 1 aliphatic heterocycles. The summed E-state index contributed by atoms with van der Waals surface area (Å²) in [5, 5.41) is 20.0. The van der Waals surface area contributed by atoms with E-state index in [4.69, 9.17) is 29.0 Å². The summed E-state index contributed by atoms with van der Waals surface area (Å²) in [6.07, 6.45) is 4.10. The van der Waals surface area contributed by atoms with Crippen LogP contribution in [-0.4, -0.2) is 63.2 Å². The first-order valence-electron chi connectivity index (χ1n) is 16.4. The van der Waals surface area contributed by atoms with Crippen molar-refractivity contribution in [2.24, 2.45) is 5.92 Å². The Morgan fingerprint density at radius 1 is 1.16 bits per heavy atom. The Morgan fingerprint density at radius 2 is 1.90 bits per heavy atom. The standard InChI is InChI=1S/C33H44N7O8P/c1-22(30(41)44-18-23-10-12-24(13-11-23)38-31(42)47-32(2,3)4)39-49(43,48-25-8-6-5-7-9-25)45-20-33(19-34)17-16-28(46-33)26-14-15-27-29(35)36-21-37-40(26)27/h5-9,14-15,21-24,28H,10-13,16-18,20H2,1-4H3,(H,38,42)(H,39,43)(H2,35,36,37)/t22-,23?,24?,28+,33+,49?/m0/s1. The topological polar surface area (TPSA) is 201 Å². The van der Waals surface area contributed by atoms with Crippen LogP contribution >= 0.6 is 7.75 Å². The highest BCUT2D eigenvalue weighted by Gasteiger charge is 2.45. The number of benzene rings is 1. The largest absolute Gasteiger partial charge is 0.464 e. The van der Waals surface area contributed by atoms with Crippen molar-refractivity contribution in [3.63, 3.8) is 0 Å². The highest BCUT2D eigenvalue weighted by molar-refractivity contribution is 7.52. The first-order chi connectivity index (χ1) is 23.3. The van der Waals surface area contributed by atoms with Crippen LogP contribution in [0.15, 0.2) is 48.8 Å². The number of nitrogens with two attached hydrogens (primary N) is 1. The van der Waals surface area contributed by atoms with Crippen molar-refractivity contribution in [2.75, 3.05) is 18.9 Å². The predicted octanol–water partition coefficient (Wildman–Crippen LogP) is 5.23. The molecule has 16 heteroatoms. The fourth-order valence-electron chi connectivity index (χ4n) is 5.86. The molecule has 1 saturated heterocycles. The molecule has 2 aromatic heterocycles. The van der Waals surface area contributed by atoms with E-state index in [2.05, 4.69) is 26.6 Å². The number of nitrogens with zero attached hydrogens (tertiary/aromatic N) is 4. The lowest BCUT2D eigenvalue weighted by Crippen LogP contribution is -2.41. The Morgan fingerprint density at radius 3 is 2.59 bits per heavy atom. The summed E-state index contributed by atoms with van der Waals surface area (Å²) in [6.45, 7) is 6.72. The average Bonchev–Trinajstić information content (AvgIpc) is 3.69. The molecule has 3 aromatic rings. The number of hydrogen-bond donors (Lipinski definition) is 3. The molecule has 264 valence electrons. The third kappa shape index (κ3) is 9.48. The number of anilines is 1. The van der Waals surface area contributed by atoms with E-state index in [0.29, 0.717) is 23.4 Å². The summed E-state index contributed by atoms with van der Waals surface area (Å²) in [4.78, 5) is 29.2. The van der Waals surface area contributed by atoms with Gasteiger partial charge in [0, 0.05) is 6.04 Å². The molecule has 1 saturated carbocycles. The minimum atomic E-state index is -4.25. The fraction of sp³-hybridized carbons (Fsp3) is 0.545. The van der Waals surface area contributed by atoms with Gasteiger partial charge in [-0.25, -0.2) is 18.9 Å². The molecule has 15 nitrogen and oxygen atoms in total. The van der Waals surface area contributed by atoms with Gasteiger partial charge in [-0.15, -0.1) is 0 Å². The molecule has 49 heavy (non-hydrogen) atoms. The molecule has 2 fully saturated rings. The van der Waals surface area contributed by atoms with Crippen LogP contribution in [-0.2, 0) is 28.1 Å². The zero-order chi connectivity index (χ0) is 35.2. The summed E-state index contributed by atoms with van der Waals surface area (Å²) in [5.74, 6) is 0.0266. The van der Waals surface area contributed by atoms with Gasteiger partial charge < -0.3 is 29.8 Å². The molecule has 4 N–H and O–H groups in total. The molecule has 1 unspecified atom stereocenters. The van der Waals surface area contributed by atoms with Gasteiger partial charge >= 0.3 is 19.8 Å². The number of carbonyl (C=O) groups is 2. The normalized spacial score (nSPS) is 24.3. The Kier molecular flexibility index (Phi) is 11.1. The molecule has 4 atom stereocenters. The number of aromatic nitrogens is 3. The maximum atomic E-state index is 14.1. The van der Waals surface area contributed by atoms with Crippen LogP contribution in [0.4, 0.5) is 10.6 Å². The van der Waals surface area contributed by atoms with Crippen molar-refractivity contribution in [2.45, 2.75) is 95.6 Å². The minimum absolute atomic E-state index is 0.00747. The number of nitriles is 1. The number of nitrogen functional groups attached to an aromatic ring is 1. The second kappa shape index (κ2) is 15.1. The lowest BCUT2D eigenvalue weighted by molar-refractivity contribution is -0.147. The number of alkyl carbamates (subject to hydrolysis) is 1. The Hall–Kier alpha value is -4.22. The summed E-state index contributed by atoms with van der Waals surface area (Å²) in [6, 6.07) is 13.1. The number of amides is 1. The number of fused-ring (bicyclic) bond motifs is 1. The third-order valence-corrected chi connectivity index (χ3v) is 10.0. The highest BCUT2D eigenvalue weighted by Crippen LogP contribution is 2.48. The fourth-order valence-corrected chi connectivity index (χ4v) is 7.40. The summed E-state index contributed by atoms with van der Waals surface area (Å²) in [7, 11) is -4.25. The van der Waals surface area contributed by atoms with E-state index in [0.717, 1.165) is 25.7 Å². The van der Waals surface area contributed by atoms with E-state index >= 15 is 0 Å². The van der Waals surface area contributed by atoms with Crippen molar-refractivity contribution < 1.29 is 37.4 Å². The van der Waals surface area contributed by atoms with Gasteiger partial charge in [0.15, 0.2) is 11.4 Å². The van der Waals surface area contributed by atoms with Gasteiger partial charge in [-0.3, -0.25) is 9.32 Å². The lowest BCUT2D eigenvalue weighted by atomic mass is 9.86. The van der Waals surface area contributed by atoms with E-state index in [-0.39, 0.29) is 30.7 Å². The monoisotopic (exact) mass is 697 g/mol. The molecule has 1 amide bonds. The van der Waals surface area contributed by atoms with Gasteiger partial charge in [0.05, 0.1) is 12.3 Å². The first kappa shape index (κ1) is 36.1. The average molecular weight is 698 g/mol. The zero-order valence-corrected chi connectivity index (χ0v) is 29.1. The van der Waals surface area contributed by atoms with Crippen molar-refractivity contribution in [1.29, 1.82) is 5.26 Å². The summed E-state index contributed by atoms with van der Waals surface area (Å²) >= 11 is 0. The van der Waals surface area contributed by atoms with E-state index < -0.39 is 49.8 Å². The van der Waals surface area contributed by atoms with Crippen LogP contribution in [0, 0.1) is 17.2 Å². The smallest absolute Gasteiger partial charge is 0.459 e. The summed E-state index contributed by atoms with van der Waals surface area (Å²) in [5.41, 5.74) is 5.25. The Bertz CT molecular complexity index is 1700. The number of ether oxygens (including phenoxy) is 3. The van der Waals surface area contributed by atoms with Gasteiger partial charge in [0.2, 0.25) is 0 Å². The molecular weight excluding hydrogens is 653 g/mol. The van der Waals surface area contributed by atoms with Crippen LogP contribution in [0.1, 0.15) is 78.0 Å². The molecule has 3 heterocycles. The minimum Gasteiger partial charge on any atom is -0.464 e. The van der Waals surface area contributed by atoms with Gasteiger partial charge in [-0.05, 0) is 96.4 Å². The molecule has 0 radical (unpaired) electrons.